The number of hydrogen-bond acceptors (Lipinski definition) is 3. The fraction of sp³-hybridized carbons (Fsp3) is 0.333. The summed E-state index contributed by atoms with van der Waals surface area (Å²) in [6.45, 7) is 1.87. The van der Waals surface area contributed by atoms with Gasteiger partial charge in [-0.2, -0.15) is 5.26 Å². The molecule has 0 aliphatic carbocycles. The van der Waals surface area contributed by atoms with Crippen molar-refractivity contribution in [2.24, 2.45) is 0 Å². The van der Waals surface area contributed by atoms with Gasteiger partial charge in [-0.1, -0.05) is 19.1 Å². The molecule has 0 bridgehead atoms. The Morgan fingerprint density at radius 1 is 1.50 bits per heavy atom. The minimum absolute atomic E-state index is 0.00423. The first-order chi connectivity index (χ1) is 7.65. The van der Waals surface area contributed by atoms with Crippen molar-refractivity contribution in [1.29, 1.82) is 5.26 Å². The van der Waals surface area contributed by atoms with Crippen molar-refractivity contribution in [3.8, 4) is 11.8 Å². The molecule has 0 radical (unpaired) electrons. The van der Waals surface area contributed by atoms with Gasteiger partial charge < -0.3 is 9.84 Å². The quantitative estimate of drug-likeness (QED) is 0.822. The van der Waals surface area contributed by atoms with E-state index in [0.29, 0.717) is 17.7 Å². The zero-order valence-corrected chi connectivity index (χ0v) is 9.01. The van der Waals surface area contributed by atoms with Gasteiger partial charge in [0, 0.05) is 0 Å². The molecule has 1 aromatic rings. The van der Waals surface area contributed by atoms with Crippen LogP contribution >= 0.6 is 0 Å². The maximum absolute atomic E-state index is 10.4. The van der Waals surface area contributed by atoms with E-state index in [1.54, 1.807) is 24.3 Å². The van der Waals surface area contributed by atoms with E-state index in [1.165, 1.54) is 0 Å². The summed E-state index contributed by atoms with van der Waals surface area (Å²) in [5.74, 6) is -0.278. The summed E-state index contributed by atoms with van der Waals surface area (Å²) >= 11 is 0. The van der Waals surface area contributed by atoms with Gasteiger partial charge in [-0.05, 0) is 24.1 Å². The van der Waals surface area contributed by atoms with Crippen LogP contribution in [0.4, 0.5) is 0 Å². The first-order valence-electron chi connectivity index (χ1n) is 5.02. The maximum Gasteiger partial charge on any atom is 0.307 e. The standard InChI is InChI=1S/C12H13NO3/c1-2-10(8-13)16-11-5-3-9(4-6-11)7-12(14)15/h3-6,10H,2,7H2,1H3,(H,14,15). The highest BCUT2D eigenvalue weighted by Crippen LogP contribution is 2.15. The molecule has 0 heterocycles. The van der Waals surface area contributed by atoms with E-state index in [4.69, 9.17) is 15.1 Å². The van der Waals surface area contributed by atoms with Crippen molar-refractivity contribution in [3.05, 3.63) is 29.8 Å². The normalized spacial score (nSPS) is 11.5. The molecule has 1 N–H and O–H groups in total. The van der Waals surface area contributed by atoms with Crippen molar-refractivity contribution in [3.63, 3.8) is 0 Å². The van der Waals surface area contributed by atoms with Gasteiger partial charge >= 0.3 is 5.97 Å². The highest BCUT2D eigenvalue weighted by molar-refractivity contribution is 5.70. The zero-order chi connectivity index (χ0) is 12.0. The minimum atomic E-state index is -0.864. The summed E-state index contributed by atoms with van der Waals surface area (Å²) in [6.07, 6.45) is 0.161. The van der Waals surface area contributed by atoms with E-state index in [9.17, 15) is 4.79 Å². The highest BCUT2D eigenvalue weighted by atomic mass is 16.5. The van der Waals surface area contributed by atoms with Gasteiger partial charge in [0.25, 0.3) is 0 Å². The van der Waals surface area contributed by atoms with Gasteiger partial charge in [-0.3, -0.25) is 4.79 Å². The third-order valence-corrected chi connectivity index (χ3v) is 2.07. The second-order valence-electron chi connectivity index (χ2n) is 3.36. The van der Waals surface area contributed by atoms with Crippen molar-refractivity contribution in [2.75, 3.05) is 0 Å². The van der Waals surface area contributed by atoms with Gasteiger partial charge in [0.05, 0.1) is 6.42 Å². The molecule has 1 atom stereocenters. The van der Waals surface area contributed by atoms with Gasteiger partial charge in [0.1, 0.15) is 11.8 Å². The van der Waals surface area contributed by atoms with Crippen LogP contribution in [0.15, 0.2) is 24.3 Å². The average molecular weight is 219 g/mol. The highest BCUT2D eigenvalue weighted by Gasteiger charge is 2.06. The molecule has 0 aromatic heterocycles. The molecule has 0 amide bonds. The number of nitrogens with zero attached hydrogens (tertiary/aromatic N) is 1. The van der Waals surface area contributed by atoms with Crippen LogP contribution in [-0.4, -0.2) is 17.2 Å². The number of hydrogen-bond donors (Lipinski definition) is 1. The van der Waals surface area contributed by atoms with E-state index < -0.39 is 12.1 Å². The fourth-order valence-corrected chi connectivity index (χ4v) is 1.23. The Kier molecular flexibility index (Phi) is 4.34. The summed E-state index contributed by atoms with van der Waals surface area (Å²) in [4.78, 5) is 10.4. The van der Waals surface area contributed by atoms with Crippen LogP contribution in [0.25, 0.3) is 0 Å². The van der Waals surface area contributed by atoms with Crippen LogP contribution < -0.4 is 4.74 Å². The van der Waals surface area contributed by atoms with Crippen molar-refractivity contribution in [2.45, 2.75) is 25.9 Å². The average Bonchev–Trinajstić information content (AvgIpc) is 2.27. The summed E-state index contributed by atoms with van der Waals surface area (Å²) in [7, 11) is 0. The van der Waals surface area contributed by atoms with E-state index in [0.717, 1.165) is 0 Å². The predicted octanol–water partition coefficient (Wildman–Crippen LogP) is 1.99. The molecule has 0 aliphatic rings. The monoisotopic (exact) mass is 219 g/mol. The Morgan fingerprint density at radius 3 is 2.56 bits per heavy atom. The second-order valence-corrected chi connectivity index (χ2v) is 3.36. The van der Waals surface area contributed by atoms with Crippen LogP contribution in [0.1, 0.15) is 18.9 Å². The molecule has 0 fully saturated rings. The van der Waals surface area contributed by atoms with Crippen LogP contribution in [-0.2, 0) is 11.2 Å². The van der Waals surface area contributed by atoms with Gasteiger partial charge in [-0.15, -0.1) is 0 Å². The van der Waals surface area contributed by atoms with Gasteiger partial charge in [0.15, 0.2) is 6.10 Å². The molecule has 0 saturated carbocycles. The van der Waals surface area contributed by atoms with Crippen molar-refractivity contribution >= 4 is 5.97 Å². The fourth-order valence-electron chi connectivity index (χ4n) is 1.23. The summed E-state index contributed by atoms with van der Waals surface area (Å²) < 4.78 is 5.36. The topological polar surface area (TPSA) is 70.3 Å². The number of rotatable bonds is 5. The Balaban J connectivity index is 2.64. The number of carboxylic acid groups (broad SMARTS) is 1. The van der Waals surface area contributed by atoms with E-state index in [2.05, 4.69) is 0 Å². The molecular formula is C12H13NO3. The molecule has 84 valence electrons. The SMILES string of the molecule is CCC(C#N)Oc1ccc(CC(=O)O)cc1. The molecule has 0 spiro atoms. The molecule has 16 heavy (non-hydrogen) atoms. The number of carbonyl (C=O) groups is 1. The first kappa shape index (κ1) is 12.1. The summed E-state index contributed by atoms with van der Waals surface area (Å²) in [6, 6.07) is 8.76. The van der Waals surface area contributed by atoms with E-state index in [1.807, 2.05) is 13.0 Å². The molecule has 4 nitrogen and oxygen atoms in total. The van der Waals surface area contributed by atoms with Crippen LogP contribution in [0.3, 0.4) is 0 Å². The Bertz CT molecular complexity index is 392. The number of benzene rings is 1. The predicted molar refractivity (Wildman–Crippen MR) is 58.1 cm³/mol. The van der Waals surface area contributed by atoms with Crippen molar-refractivity contribution < 1.29 is 14.6 Å². The third kappa shape index (κ3) is 3.62. The lowest BCUT2D eigenvalue weighted by molar-refractivity contribution is -0.136. The number of aliphatic carboxylic acids is 1. The largest absolute Gasteiger partial charge is 0.481 e. The van der Waals surface area contributed by atoms with E-state index in [-0.39, 0.29) is 6.42 Å². The molecule has 0 aliphatic heterocycles. The smallest absolute Gasteiger partial charge is 0.307 e. The molecular weight excluding hydrogens is 206 g/mol. The number of ether oxygens (including phenoxy) is 1. The zero-order valence-electron chi connectivity index (χ0n) is 9.01. The number of carboxylic acids is 1. The lowest BCUT2D eigenvalue weighted by atomic mass is 10.1. The molecule has 4 heteroatoms. The molecule has 0 saturated heterocycles. The molecule has 1 rings (SSSR count). The van der Waals surface area contributed by atoms with Gasteiger partial charge in [0.2, 0.25) is 0 Å². The first-order valence-corrected chi connectivity index (χ1v) is 5.02. The van der Waals surface area contributed by atoms with Crippen LogP contribution in [0.2, 0.25) is 0 Å². The summed E-state index contributed by atoms with van der Waals surface area (Å²) in [5, 5.41) is 17.3. The number of nitriles is 1. The van der Waals surface area contributed by atoms with Gasteiger partial charge in [-0.25, -0.2) is 0 Å². The van der Waals surface area contributed by atoms with Crippen molar-refractivity contribution in [1.82, 2.24) is 0 Å². The Hall–Kier alpha value is -2.02. The Morgan fingerprint density at radius 2 is 2.12 bits per heavy atom. The lowest BCUT2D eigenvalue weighted by Gasteiger charge is -2.10. The van der Waals surface area contributed by atoms with Crippen LogP contribution in [0.5, 0.6) is 5.75 Å². The molecule has 1 unspecified atom stereocenters. The Labute approximate surface area is 94.1 Å². The maximum atomic E-state index is 10.4. The third-order valence-electron chi connectivity index (χ3n) is 2.07. The lowest BCUT2D eigenvalue weighted by Crippen LogP contribution is -2.12. The minimum Gasteiger partial charge on any atom is -0.481 e. The second kappa shape index (κ2) is 5.76. The van der Waals surface area contributed by atoms with Crippen LogP contribution in [0, 0.1) is 11.3 Å². The molecule has 1 aromatic carbocycles. The summed E-state index contributed by atoms with van der Waals surface area (Å²) in [5.41, 5.74) is 0.713. The van der Waals surface area contributed by atoms with E-state index >= 15 is 0 Å².